The van der Waals surface area contributed by atoms with Crippen molar-refractivity contribution in [3.8, 4) is 5.75 Å². The van der Waals surface area contributed by atoms with E-state index in [1.165, 1.54) is 24.9 Å². The second-order valence-corrected chi connectivity index (χ2v) is 6.03. The van der Waals surface area contributed by atoms with Gasteiger partial charge >= 0.3 is 0 Å². The first-order valence-corrected chi connectivity index (χ1v) is 7.76. The molecule has 1 unspecified atom stereocenters. The van der Waals surface area contributed by atoms with E-state index in [-0.39, 0.29) is 5.54 Å². The molecular formula is C17H28N2O. The standard InChI is InChI=1S/C17H28N2O/c1-4-17(2)14-19(12-7-11-18-17)13-10-15-8-5-6-9-16(15)20-3/h5-6,8-9,18H,4,7,10-14H2,1-3H3. The van der Waals surface area contributed by atoms with Crippen LogP contribution in [0.25, 0.3) is 0 Å². The Kier molecular flexibility index (Phi) is 5.44. The number of hydrogen-bond acceptors (Lipinski definition) is 3. The lowest BCUT2D eigenvalue weighted by Crippen LogP contribution is -2.48. The molecule has 1 aromatic rings. The molecule has 2 rings (SSSR count). The van der Waals surface area contributed by atoms with Crippen LogP contribution in [0.5, 0.6) is 5.75 Å². The molecular weight excluding hydrogens is 248 g/mol. The third kappa shape index (κ3) is 3.97. The molecule has 0 bridgehead atoms. The van der Waals surface area contributed by atoms with Gasteiger partial charge in [-0.2, -0.15) is 0 Å². The van der Waals surface area contributed by atoms with Crippen molar-refractivity contribution < 1.29 is 4.74 Å². The summed E-state index contributed by atoms with van der Waals surface area (Å²) in [6.45, 7) is 9.19. The third-order valence-corrected chi connectivity index (χ3v) is 4.45. The average Bonchev–Trinajstić information content (AvgIpc) is 2.68. The van der Waals surface area contributed by atoms with Crippen molar-refractivity contribution in [2.24, 2.45) is 0 Å². The molecule has 1 aromatic carbocycles. The van der Waals surface area contributed by atoms with Crippen LogP contribution in [0.4, 0.5) is 0 Å². The van der Waals surface area contributed by atoms with Crippen molar-refractivity contribution >= 4 is 0 Å². The Labute approximate surface area is 123 Å². The number of hydrogen-bond donors (Lipinski definition) is 1. The van der Waals surface area contributed by atoms with Gasteiger partial charge in [0.2, 0.25) is 0 Å². The van der Waals surface area contributed by atoms with Gasteiger partial charge in [0.1, 0.15) is 5.75 Å². The van der Waals surface area contributed by atoms with E-state index in [1.54, 1.807) is 7.11 Å². The third-order valence-electron chi connectivity index (χ3n) is 4.45. The largest absolute Gasteiger partial charge is 0.496 e. The van der Waals surface area contributed by atoms with Crippen LogP contribution in [0, 0.1) is 0 Å². The normalized spacial score (nSPS) is 24.4. The van der Waals surface area contributed by atoms with Crippen LogP contribution >= 0.6 is 0 Å². The molecule has 0 aromatic heterocycles. The molecule has 1 fully saturated rings. The van der Waals surface area contributed by atoms with E-state index in [4.69, 9.17) is 4.74 Å². The summed E-state index contributed by atoms with van der Waals surface area (Å²) in [6, 6.07) is 8.35. The van der Waals surface area contributed by atoms with Crippen LogP contribution in [0.2, 0.25) is 0 Å². The quantitative estimate of drug-likeness (QED) is 0.895. The lowest BCUT2D eigenvalue weighted by Gasteiger charge is -2.32. The Hall–Kier alpha value is -1.06. The molecule has 1 heterocycles. The van der Waals surface area contributed by atoms with Gasteiger partial charge in [-0.3, -0.25) is 0 Å². The molecule has 1 aliphatic heterocycles. The van der Waals surface area contributed by atoms with Gasteiger partial charge in [0.15, 0.2) is 0 Å². The summed E-state index contributed by atoms with van der Waals surface area (Å²) in [5.74, 6) is 1.01. The lowest BCUT2D eigenvalue weighted by atomic mass is 9.98. The summed E-state index contributed by atoms with van der Waals surface area (Å²) < 4.78 is 5.44. The van der Waals surface area contributed by atoms with Gasteiger partial charge in [0.05, 0.1) is 7.11 Å². The van der Waals surface area contributed by atoms with E-state index in [0.717, 1.165) is 31.8 Å². The van der Waals surface area contributed by atoms with Gasteiger partial charge in [-0.1, -0.05) is 25.1 Å². The minimum Gasteiger partial charge on any atom is -0.496 e. The Morgan fingerprint density at radius 2 is 2.15 bits per heavy atom. The molecule has 112 valence electrons. The maximum Gasteiger partial charge on any atom is 0.122 e. The van der Waals surface area contributed by atoms with E-state index in [9.17, 15) is 0 Å². The maximum absolute atomic E-state index is 5.44. The second kappa shape index (κ2) is 7.09. The molecule has 1 aliphatic rings. The zero-order chi connectivity index (χ0) is 14.4. The van der Waals surface area contributed by atoms with Crippen molar-refractivity contribution in [2.45, 2.75) is 38.6 Å². The highest BCUT2D eigenvalue weighted by Gasteiger charge is 2.26. The summed E-state index contributed by atoms with van der Waals surface area (Å²) in [5, 5.41) is 3.69. The first kappa shape index (κ1) is 15.3. The minimum atomic E-state index is 0.261. The zero-order valence-corrected chi connectivity index (χ0v) is 13.1. The summed E-state index contributed by atoms with van der Waals surface area (Å²) in [6.07, 6.45) is 3.48. The number of nitrogens with zero attached hydrogens (tertiary/aromatic N) is 1. The van der Waals surface area contributed by atoms with Gasteiger partial charge in [0.25, 0.3) is 0 Å². The van der Waals surface area contributed by atoms with Gasteiger partial charge in [-0.15, -0.1) is 0 Å². The highest BCUT2D eigenvalue weighted by Crippen LogP contribution is 2.20. The Balaban J connectivity index is 1.95. The number of nitrogens with one attached hydrogen (secondary N) is 1. The van der Waals surface area contributed by atoms with Crippen LogP contribution in [0.1, 0.15) is 32.3 Å². The molecule has 0 aliphatic carbocycles. The summed E-state index contributed by atoms with van der Waals surface area (Å²) >= 11 is 0. The first-order chi connectivity index (χ1) is 9.67. The van der Waals surface area contributed by atoms with E-state index in [0.29, 0.717) is 0 Å². The molecule has 20 heavy (non-hydrogen) atoms. The second-order valence-electron chi connectivity index (χ2n) is 6.03. The highest BCUT2D eigenvalue weighted by molar-refractivity contribution is 5.33. The molecule has 3 heteroatoms. The fourth-order valence-corrected chi connectivity index (χ4v) is 2.94. The molecule has 1 saturated heterocycles. The first-order valence-electron chi connectivity index (χ1n) is 7.76. The molecule has 1 atom stereocenters. The highest BCUT2D eigenvalue weighted by atomic mass is 16.5. The van der Waals surface area contributed by atoms with E-state index in [1.807, 2.05) is 6.07 Å². The van der Waals surface area contributed by atoms with Crippen LogP contribution in [-0.4, -0.2) is 43.7 Å². The predicted octanol–water partition coefficient (Wildman–Crippen LogP) is 2.70. The van der Waals surface area contributed by atoms with Crippen molar-refractivity contribution in [1.82, 2.24) is 10.2 Å². The van der Waals surface area contributed by atoms with Crippen LogP contribution < -0.4 is 10.1 Å². The minimum absolute atomic E-state index is 0.261. The van der Waals surface area contributed by atoms with Gasteiger partial charge < -0.3 is 15.0 Å². The number of rotatable bonds is 5. The number of ether oxygens (including phenoxy) is 1. The topological polar surface area (TPSA) is 24.5 Å². The van der Waals surface area contributed by atoms with Gasteiger partial charge in [-0.05, 0) is 50.9 Å². The number of para-hydroxylation sites is 1. The van der Waals surface area contributed by atoms with E-state index < -0.39 is 0 Å². The summed E-state index contributed by atoms with van der Waals surface area (Å²) in [5.41, 5.74) is 1.57. The summed E-state index contributed by atoms with van der Waals surface area (Å²) in [4.78, 5) is 2.59. The Bertz CT molecular complexity index is 421. The molecule has 0 spiro atoms. The van der Waals surface area contributed by atoms with Gasteiger partial charge in [0, 0.05) is 18.6 Å². The number of benzene rings is 1. The summed E-state index contributed by atoms with van der Waals surface area (Å²) in [7, 11) is 1.75. The van der Waals surface area contributed by atoms with Crippen molar-refractivity contribution in [2.75, 3.05) is 33.3 Å². The van der Waals surface area contributed by atoms with E-state index >= 15 is 0 Å². The molecule has 0 saturated carbocycles. The van der Waals surface area contributed by atoms with Crippen LogP contribution in [0.15, 0.2) is 24.3 Å². The van der Waals surface area contributed by atoms with E-state index in [2.05, 4.69) is 42.3 Å². The van der Waals surface area contributed by atoms with Crippen molar-refractivity contribution in [1.29, 1.82) is 0 Å². The molecule has 0 radical (unpaired) electrons. The van der Waals surface area contributed by atoms with Crippen molar-refractivity contribution in [3.05, 3.63) is 29.8 Å². The fraction of sp³-hybridized carbons (Fsp3) is 0.647. The predicted molar refractivity (Wildman–Crippen MR) is 84.5 cm³/mol. The fourth-order valence-electron chi connectivity index (χ4n) is 2.94. The van der Waals surface area contributed by atoms with Crippen molar-refractivity contribution in [3.63, 3.8) is 0 Å². The average molecular weight is 276 g/mol. The van der Waals surface area contributed by atoms with Gasteiger partial charge in [-0.25, -0.2) is 0 Å². The lowest BCUT2D eigenvalue weighted by molar-refractivity contribution is 0.216. The van der Waals surface area contributed by atoms with Crippen LogP contribution in [0.3, 0.4) is 0 Å². The molecule has 1 N–H and O–H groups in total. The van der Waals surface area contributed by atoms with Crippen LogP contribution in [-0.2, 0) is 6.42 Å². The molecule has 3 nitrogen and oxygen atoms in total. The Morgan fingerprint density at radius 1 is 1.35 bits per heavy atom. The zero-order valence-electron chi connectivity index (χ0n) is 13.1. The Morgan fingerprint density at radius 3 is 2.90 bits per heavy atom. The monoisotopic (exact) mass is 276 g/mol. The number of methoxy groups -OCH3 is 1. The molecule has 0 amide bonds. The SMILES string of the molecule is CCC1(C)CN(CCc2ccccc2OC)CCCN1. The smallest absolute Gasteiger partial charge is 0.122 e. The maximum atomic E-state index is 5.44.